The van der Waals surface area contributed by atoms with Crippen LogP contribution in [-0.4, -0.2) is 21.9 Å². The largest absolute Gasteiger partial charge is 0.506 e. The predicted molar refractivity (Wildman–Crippen MR) is 97.8 cm³/mol. The number of carbonyl (C=O) groups is 1. The summed E-state index contributed by atoms with van der Waals surface area (Å²) in [7, 11) is 0. The van der Waals surface area contributed by atoms with E-state index in [4.69, 9.17) is 23.2 Å². The lowest BCUT2D eigenvalue weighted by atomic mass is 10.0. The van der Waals surface area contributed by atoms with Crippen LogP contribution in [0.5, 0.6) is 5.75 Å². The Morgan fingerprint density at radius 3 is 2.54 bits per heavy atom. The number of benzene rings is 2. The average Bonchev–Trinajstić information content (AvgIpc) is 2.87. The topological polar surface area (TPSA) is 60.8 Å². The van der Waals surface area contributed by atoms with Gasteiger partial charge in [-0.15, -0.1) is 11.8 Å². The summed E-state index contributed by atoms with van der Waals surface area (Å²) in [6.07, 6.45) is 0. The first-order valence-corrected chi connectivity index (χ1v) is 8.96. The number of thioether (sulfide) groups is 1. The van der Waals surface area contributed by atoms with Crippen LogP contribution in [-0.2, 0) is 16.3 Å². The number of hydrogen-bond donors (Lipinski definition) is 2. The van der Waals surface area contributed by atoms with Crippen LogP contribution >= 0.6 is 35.0 Å². The average molecular weight is 384 g/mol. The first-order chi connectivity index (χ1) is 11.4. The zero-order chi connectivity index (χ0) is 17.5. The maximum atomic E-state index is 12.5. The Balaban J connectivity index is 2.16. The molecular weight excluding hydrogens is 369 g/mol. The summed E-state index contributed by atoms with van der Waals surface area (Å²) in [5, 5.41) is 20.6. The second-order valence-corrected chi connectivity index (χ2v) is 7.82. The highest BCUT2D eigenvalue weighted by Crippen LogP contribution is 2.51. The molecule has 4 nitrogen and oxygen atoms in total. The Kier molecular flexibility index (Phi) is 4.71. The zero-order valence-corrected chi connectivity index (χ0v) is 15.1. The van der Waals surface area contributed by atoms with E-state index in [1.807, 2.05) is 6.92 Å². The fraction of sp³-hybridized carbons (Fsp3) is 0.235. The fourth-order valence-electron chi connectivity index (χ4n) is 2.85. The van der Waals surface area contributed by atoms with Crippen molar-refractivity contribution < 1.29 is 15.0 Å². The van der Waals surface area contributed by atoms with E-state index in [2.05, 4.69) is 0 Å². The Hall–Kier alpha value is -1.40. The number of carbonyl (C=O) groups excluding carboxylic acids is 1. The third-order valence-corrected chi connectivity index (χ3v) is 5.94. The molecule has 24 heavy (non-hydrogen) atoms. The number of aromatic hydroxyl groups is 1. The standard InChI is InChI=1S/C17H15Cl2NO3S/c1-17(13-6-10(8-21)7-14(19)16(13)23)20(15(22)9-24-17)12-4-2-11(18)3-5-12/h2-7,21,23H,8-9H2,1H3. The van der Waals surface area contributed by atoms with Crippen LogP contribution in [0, 0.1) is 0 Å². The van der Waals surface area contributed by atoms with Crippen molar-refractivity contribution >= 4 is 46.6 Å². The van der Waals surface area contributed by atoms with Crippen LogP contribution in [0.1, 0.15) is 18.1 Å². The van der Waals surface area contributed by atoms with Gasteiger partial charge in [-0.25, -0.2) is 0 Å². The molecule has 2 aromatic carbocycles. The maximum Gasteiger partial charge on any atom is 0.238 e. The van der Waals surface area contributed by atoms with Gasteiger partial charge in [-0.2, -0.15) is 0 Å². The lowest BCUT2D eigenvalue weighted by Crippen LogP contribution is -2.40. The van der Waals surface area contributed by atoms with Gasteiger partial charge in [0.25, 0.3) is 0 Å². The summed E-state index contributed by atoms with van der Waals surface area (Å²) in [5.41, 5.74) is 1.75. The van der Waals surface area contributed by atoms with Gasteiger partial charge in [-0.3, -0.25) is 9.69 Å². The van der Waals surface area contributed by atoms with Gasteiger partial charge in [0.1, 0.15) is 10.6 Å². The van der Waals surface area contributed by atoms with E-state index in [0.29, 0.717) is 21.8 Å². The number of aliphatic hydroxyl groups excluding tert-OH is 1. The quantitative estimate of drug-likeness (QED) is 0.835. The van der Waals surface area contributed by atoms with E-state index in [-0.39, 0.29) is 29.0 Å². The van der Waals surface area contributed by atoms with Crippen molar-refractivity contribution in [2.75, 3.05) is 10.7 Å². The summed E-state index contributed by atoms with van der Waals surface area (Å²) < 4.78 is 0. The van der Waals surface area contributed by atoms with Gasteiger partial charge in [0.05, 0.1) is 17.4 Å². The van der Waals surface area contributed by atoms with Crippen molar-refractivity contribution in [2.24, 2.45) is 0 Å². The fourth-order valence-corrected chi connectivity index (χ4v) is 4.40. The van der Waals surface area contributed by atoms with Gasteiger partial charge in [-0.05, 0) is 48.9 Å². The molecule has 1 atom stereocenters. The van der Waals surface area contributed by atoms with E-state index in [0.717, 1.165) is 0 Å². The molecule has 7 heteroatoms. The van der Waals surface area contributed by atoms with Crippen molar-refractivity contribution in [3.05, 3.63) is 57.6 Å². The van der Waals surface area contributed by atoms with E-state index >= 15 is 0 Å². The minimum Gasteiger partial charge on any atom is -0.506 e. The number of halogens is 2. The Morgan fingerprint density at radius 1 is 1.25 bits per heavy atom. The van der Waals surface area contributed by atoms with Crippen molar-refractivity contribution in [1.82, 2.24) is 0 Å². The van der Waals surface area contributed by atoms with Gasteiger partial charge < -0.3 is 10.2 Å². The smallest absolute Gasteiger partial charge is 0.238 e. The van der Waals surface area contributed by atoms with Gasteiger partial charge in [0.15, 0.2) is 0 Å². The van der Waals surface area contributed by atoms with Gasteiger partial charge in [0, 0.05) is 16.3 Å². The van der Waals surface area contributed by atoms with Crippen LogP contribution in [0.15, 0.2) is 36.4 Å². The van der Waals surface area contributed by atoms with Gasteiger partial charge in [-0.1, -0.05) is 23.2 Å². The molecule has 2 aromatic rings. The molecule has 126 valence electrons. The van der Waals surface area contributed by atoms with E-state index in [1.54, 1.807) is 35.2 Å². The third kappa shape index (κ3) is 2.86. The first kappa shape index (κ1) is 17.4. The molecule has 1 aliphatic rings. The molecule has 1 amide bonds. The summed E-state index contributed by atoms with van der Waals surface area (Å²) in [5.74, 6) is 0.117. The molecule has 0 aliphatic carbocycles. The minimum absolute atomic E-state index is 0.0743. The number of hydrogen-bond acceptors (Lipinski definition) is 4. The highest BCUT2D eigenvalue weighted by molar-refractivity contribution is 8.01. The van der Waals surface area contributed by atoms with Gasteiger partial charge in [0.2, 0.25) is 5.91 Å². The van der Waals surface area contributed by atoms with Crippen molar-refractivity contribution in [1.29, 1.82) is 0 Å². The number of phenolic OH excluding ortho intramolecular Hbond substituents is 1. The van der Waals surface area contributed by atoms with Gasteiger partial charge >= 0.3 is 0 Å². The first-order valence-electron chi connectivity index (χ1n) is 7.22. The van der Waals surface area contributed by atoms with E-state index < -0.39 is 4.87 Å². The number of anilines is 1. The Labute approximate surface area is 154 Å². The Morgan fingerprint density at radius 2 is 1.92 bits per heavy atom. The molecule has 1 saturated heterocycles. The molecular formula is C17H15Cl2NO3S. The summed E-state index contributed by atoms with van der Waals surface area (Å²) in [6, 6.07) is 10.1. The number of rotatable bonds is 3. The second kappa shape index (κ2) is 6.48. The number of amides is 1. The normalized spacial score (nSPS) is 20.7. The molecule has 0 spiro atoms. The molecule has 1 aliphatic heterocycles. The summed E-state index contributed by atoms with van der Waals surface area (Å²) >= 11 is 13.4. The van der Waals surface area contributed by atoms with E-state index in [1.165, 1.54) is 17.8 Å². The summed E-state index contributed by atoms with van der Waals surface area (Å²) in [6.45, 7) is 1.65. The second-order valence-electron chi connectivity index (χ2n) is 5.61. The molecule has 1 heterocycles. The Bertz CT molecular complexity index is 797. The summed E-state index contributed by atoms with van der Waals surface area (Å²) in [4.78, 5) is 13.3. The SMILES string of the molecule is CC1(c2cc(CO)cc(Cl)c2O)SCC(=O)N1c1ccc(Cl)cc1. The zero-order valence-electron chi connectivity index (χ0n) is 12.8. The number of nitrogens with zero attached hydrogens (tertiary/aromatic N) is 1. The lowest BCUT2D eigenvalue weighted by Gasteiger charge is -2.35. The van der Waals surface area contributed by atoms with Crippen LogP contribution in [0.3, 0.4) is 0 Å². The number of phenols is 1. The maximum absolute atomic E-state index is 12.5. The van der Waals surface area contributed by atoms with Crippen LogP contribution in [0.25, 0.3) is 0 Å². The highest BCUT2D eigenvalue weighted by atomic mass is 35.5. The molecule has 3 rings (SSSR count). The molecule has 0 bridgehead atoms. The third-order valence-electron chi connectivity index (χ3n) is 4.04. The van der Waals surface area contributed by atoms with Crippen LogP contribution in [0.4, 0.5) is 5.69 Å². The minimum atomic E-state index is -0.843. The number of aliphatic hydroxyl groups is 1. The van der Waals surface area contributed by atoms with Crippen LogP contribution < -0.4 is 4.90 Å². The predicted octanol–water partition coefficient (Wildman–Crippen LogP) is 4.14. The monoisotopic (exact) mass is 383 g/mol. The molecule has 0 saturated carbocycles. The molecule has 0 radical (unpaired) electrons. The highest BCUT2D eigenvalue weighted by Gasteiger charge is 2.46. The molecule has 1 fully saturated rings. The van der Waals surface area contributed by atoms with Crippen molar-refractivity contribution in [2.45, 2.75) is 18.4 Å². The van der Waals surface area contributed by atoms with Crippen molar-refractivity contribution in [3.63, 3.8) is 0 Å². The van der Waals surface area contributed by atoms with E-state index in [9.17, 15) is 15.0 Å². The molecule has 1 unspecified atom stereocenters. The van der Waals surface area contributed by atoms with Crippen molar-refractivity contribution in [3.8, 4) is 5.75 Å². The molecule has 2 N–H and O–H groups in total. The lowest BCUT2D eigenvalue weighted by molar-refractivity contribution is -0.116. The molecule has 0 aromatic heterocycles. The van der Waals surface area contributed by atoms with Crippen LogP contribution in [0.2, 0.25) is 10.0 Å².